The predicted molar refractivity (Wildman–Crippen MR) is 121 cm³/mol. The Bertz CT molecular complexity index is 945. The number of carbonyl (C=O) groups is 2. The van der Waals surface area contributed by atoms with Crippen molar-refractivity contribution in [2.45, 2.75) is 45.7 Å². The quantitative estimate of drug-likeness (QED) is 0.544. The number of primary amides is 1. The fraction of sp³-hybridized carbons (Fsp3) is 0.609. The van der Waals surface area contributed by atoms with E-state index in [9.17, 15) is 14.0 Å². The Labute approximate surface area is 188 Å². The van der Waals surface area contributed by atoms with Crippen LogP contribution in [0.2, 0.25) is 0 Å². The van der Waals surface area contributed by atoms with Gasteiger partial charge in [-0.25, -0.2) is 9.37 Å². The second-order valence-electron chi connectivity index (χ2n) is 8.92. The molecule has 0 aliphatic carbocycles. The van der Waals surface area contributed by atoms with Gasteiger partial charge < -0.3 is 25.3 Å². The van der Waals surface area contributed by atoms with Gasteiger partial charge in [-0.2, -0.15) is 0 Å². The summed E-state index contributed by atoms with van der Waals surface area (Å²) in [5.41, 5.74) is 6.73. The van der Waals surface area contributed by atoms with Gasteiger partial charge in [0, 0.05) is 52.0 Å². The van der Waals surface area contributed by atoms with Crippen molar-refractivity contribution in [1.82, 2.24) is 19.8 Å². The number of methoxy groups -OCH3 is 1. The summed E-state index contributed by atoms with van der Waals surface area (Å²) in [5.74, 6) is -0.757. The fourth-order valence-corrected chi connectivity index (χ4v) is 4.30. The Morgan fingerprint density at radius 3 is 2.81 bits per heavy atom. The summed E-state index contributed by atoms with van der Waals surface area (Å²) in [7, 11) is 1.66. The van der Waals surface area contributed by atoms with Crippen molar-refractivity contribution >= 4 is 22.8 Å². The van der Waals surface area contributed by atoms with Crippen LogP contribution in [0.4, 0.5) is 4.39 Å². The van der Waals surface area contributed by atoms with E-state index in [0.29, 0.717) is 50.5 Å². The first-order valence-corrected chi connectivity index (χ1v) is 11.3. The molecule has 32 heavy (non-hydrogen) atoms. The molecule has 1 fully saturated rings. The topological polar surface area (TPSA) is 102 Å². The number of halogens is 1. The monoisotopic (exact) mass is 447 g/mol. The van der Waals surface area contributed by atoms with Crippen molar-refractivity contribution in [3.05, 3.63) is 29.8 Å². The average molecular weight is 448 g/mol. The van der Waals surface area contributed by atoms with E-state index in [1.54, 1.807) is 18.1 Å². The SMILES string of the molecule is COCCCCn1c(C(=O)N(CC(C)C)[C@@H]2CNC[C@H](C(N)=O)C2)nc2cc(F)ccc21. The van der Waals surface area contributed by atoms with E-state index in [0.717, 1.165) is 18.4 Å². The number of aromatic nitrogens is 2. The first-order valence-electron chi connectivity index (χ1n) is 11.3. The molecule has 1 aromatic carbocycles. The van der Waals surface area contributed by atoms with Crippen LogP contribution in [0.5, 0.6) is 0 Å². The molecule has 3 rings (SSSR count). The smallest absolute Gasteiger partial charge is 0.290 e. The van der Waals surface area contributed by atoms with Crippen molar-refractivity contribution < 1.29 is 18.7 Å². The largest absolute Gasteiger partial charge is 0.385 e. The summed E-state index contributed by atoms with van der Waals surface area (Å²) in [4.78, 5) is 31.9. The number of aryl methyl sites for hydroxylation is 1. The minimum Gasteiger partial charge on any atom is -0.385 e. The van der Waals surface area contributed by atoms with E-state index in [-0.39, 0.29) is 35.5 Å². The number of hydrogen-bond donors (Lipinski definition) is 2. The van der Waals surface area contributed by atoms with E-state index in [1.807, 2.05) is 18.4 Å². The third-order valence-corrected chi connectivity index (χ3v) is 5.87. The maximum atomic E-state index is 13.9. The predicted octanol–water partition coefficient (Wildman–Crippen LogP) is 2.16. The van der Waals surface area contributed by atoms with Gasteiger partial charge in [0.05, 0.1) is 17.0 Å². The van der Waals surface area contributed by atoms with Crippen molar-refractivity contribution in [2.75, 3.05) is 33.4 Å². The Morgan fingerprint density at radius 2 is 2.12 bits per heavy atom. The molecule has 0 radical (unpaired) electrons. The Hall–Kier alpha value is -2.52. The highest BCUT2D eigenvalue weighted by atomic mass is 19.1. The molecule has 1 aliphatic rings. The standard InChI is InChI=1S/C23H34FN5O3/c1-15(2)14-29(18-10-16(21(25)30)12-26-13-18)23(31)22-27-19-11-17(24)6-7-20(19)28(22)8-4-5-9-32-3/h6-7,11,15-16,18,26H,4-5,8-10,12-14H2,1-3H3,(H2,25,30)/t16-,18+/m1/s1. The van der Waals surface area contributed by atoms with Gasteiger partial charge in [0.15, 0.2) is 5.82 Å². The number of carbonyl (C=O) groups excluding carboxylic acids is 2. The number of piperidine rings is 1. The molecule has 2 amide bonds. The lowest BCUT2D eigenvalue weighted by Crippen LogP contribution is -2.54. The van der Waals surface area contributed by atoms with Crippen LogP contribution in [0.1, 0.15) is 43.7 Å². The second kappa shape index (κ2) is 10.9. The number of ether oxygens (including phenoxy) is 1. The highest BCUT2D eigenvalue weighted by Crippen LogP contribution is 2.23. The van der Waals surface area contributed by atoms with Gasteiger partial charge in [0.2, 0.25) is 5.91 Å². The number of rotatable bonds is 10. The van der Waals surface area contributed by atoms with Gasteiger partial charge in [-0.15, -0.1) is 0 Å². The molecule has 3 N–H and O–H groups in total. The van der Waals surface area contributed by atoms with Crippen LogP contribution in [-0.2, 0) is 16.1 Å². The van der Waals surface area contributed by atoms with E-state index >= 15 is 0 Å². The third kappa shape index (κ3) is 5.63. The van der Waals surface area contributed by atoms with Crippen LogP contribution in [0.15, 0.2) is 18.2 Å². The van der Waals surface area contributed by atoms with Crippen LogP contribution in [0.25, 0.3) is 11.0 Å². The fourth-order valence-electron chi connectivity index (χ4n) is 4.30. The highest BCUT2D eigenvalue weighted by molar-refractivity contribution is 5.95. The average Bonchev–Trinajstić information content (AvgIpc) is 3.12. The van der Waals surface area contributed by atoms with Gasteiger partial charge in [0.1, 0.15) is 5.82 Å². The summed E-state index contributed by atoms with van der Waals surface area (Å²) < 4.78 is 20.9. The van der Waals surface area contributed by atoms with Crippen molar-refractivity contribution in [3.63, 3.8) is 0 Å². The number of fused-ring (bicyclic) bond motifs is 1. The maximum absolute atomic E-state index is 13.9. The summed E-state index contributed by atoms with van der Waals surface area (Å²) in [6.07, 6.45) is 2.16. The van der Waals surface area contributed by atoms with Crippen LogP contribution in [-0.4, -0.2) is 65.7 Å². The first kappa shape index (κ1) is 24.1. The normalized spacial score (nSPS) is 18.9. The number of benzene rings is 1. The molecular formula is C23H34FN5O3. The Balaban J connectivity index is 1.95. The van der Waals surface area contributed by atoms with Gasteiger partial charge >= 0.3 is 0 Å². The number of unbranched alkanes of at least 4 members (excludes halogenated alkanes) is 1. The van der Waals surface area contributed by atoms with Gasteiger partial charge in [-0.05, 0) is 37.3 Å². The third-order valence-electron chi connectivity index (χ3n) is 5.87. The minimum atomic E-state index is -0.389. The van der Waals surface area contributed by atoms with Gasteiger partial charge in [-0.3, -0.25) is 9.59 Å². The lowest BCUT2D eigenvalue weighted by atomic mass is 9.93. The summed E-state index contributed by atoms with van der Waals surface area (Å²) >= 11 is 0. The van der Waals surface area contributed by atoms with E-state index in [2.05, 4.69) is 10.3 Å². The van der Waals surface area contributed by atoms with E-state index < -0.39 is 0 Å². The van der Waals surface area contributed by atoms with Crippen LogP contribution in [0, 0.1) is 17.7 Å². The van der Waals surface area contributed by atoms with Crippen molar-refractivity contribution in [1.29, 1.82) is 0 Å². The number of hydrogen-bond acceptors (Lipinski definition) is 5. The highest BCUT2D eigenvalue weighted by Gasteiger charge is 2.34. The molecule has 2 atom stereocenters. The van der Waals surface area contributed by atoms with Gasteiger partial charge in [0.25, 0.3) is 5.91 Å². The van der Waals surface area contributed by atoms with E-state index in [4.69, 9.17) is 10.5 Å². The molecule has 1 aromatic heterocycles. The molecule has 176 valence electrons. The Morgan fingerprint density at radius 1 is 1.34 bits per heavy atom. The van der Waals surface area contributed by atoms with Crippen LogP contribution in [0.3, 0.4) is 0 Å². The summed E-state index contributed by atoms with van der Waals surface area (Å²) in [6, 6.07) is 4.24. The molecule has 0 unspecified atom stereocenters. The summed E-state index contributed by atoms with van der Waals surface area (Å²) in [6.45, 7) is 6.94. The molecule has 0 spiro atoms. The summed E-state index contributed by atoms with van der Waals surface area (Å²) in [5, 5.41) is 3.24. The maximum Gasteiger partial charge on any atom is 0.290 e. The molecule has 8 nitrogen and oxygen atoms in total. The van der Waals surface area contributed by atoms with Crippen LogP contribution >= 0.6 is 0 Å². The molecule has 9 heteroatoms. The number of amides is 2. The minimum absolute atomic E-state index is 0.172. The second-order valence-corrected chi connectivity index (χ2v) is 8.92. The zero-order valence-electron chi connectivity index (χ0n) is 19.1. The Kier molecular flexibility index (Phi) is 8.20. The molecule has 2 heterocycles. The molecule has 1 aliphatic heterocycles. The van der Waals surface area contributed by atoms with E-state index in [1.165, 1.54) is 12.1 Å². The molecule has 0 bridgehead atoms. The lowest BCUT2D eigenvalue weighted by molar-refractivity contribution is -0.122. The number of nitrogens with zero attached hydrogens (tertiary/aromatic N) is 3. The number of nitrogens with one attached hydrogen (secondary N) is 1. The van der Waals surface area contributed by atoms with Crippen molar-refractivity contribution in [3.8, 4) is 0 Å². The number of nitrogens with two attached hydrogens (primary N) is 1. The number of imidazole rings is 1. The molecule has 1 saturated heterocycles. The van der Waals surface area contributed by atoms with Crippen LogP contribution < -0.4 is 11.1 Å². The zero-order valence-corrected chi connectivity index (χ0v) is 19.1. The van der Waals surface area contributed by atoms with Crippen molar-refractivity contribution in [2.24, 2.45) is 17.6 Å². The molecule has 0 saturated carbocycles. The lowest BCUT2D eigenvalue weighted by Gasteiger charge is -2.38. The molecule has 2 aromatic rings. The first-order chi connectivity index (χ1) is 15.3. The van der Waals surface area contributed by atoms with Gasteiger partial charge in [-0.1, -0.05) is 13.8 Å². The molecular weight excluding hydrogens is 413 g/mol. The zero-order chi connectivity index (χ0) is 23.3.